The molecule has 10 aromatic rings. The van der Waals surface area contributed by atoms with Crippen LogP contribution >= 0.6 is 11.8 Å². The maximum atomic E-state index is 5.46. The fourth-order valence-electron chi connectivity index (χ4n) is 9.39. The van der Waals surface area contributed by atoms with E-state index in [2.05, 4.69) is 176 Å². The molecule has 4 heteroatoms. The van der Waals surface area contributed by atoms with E-state index in [1.807, 2.05) is 36.0 Å². The van der Waals surface area contributed by atoms with Crippen molar-refractivity contribution in [2.75, 3.05) is 0 Å². The van der Waals surface area contributed by atoms with Gasteiger partial charge in [0, 0.05) is 42.8 Å². The van der Waals surface area contributed by atoms with Crippen molar-refractivity contribution in [1.29, 1.82) is 0 Å². The minimum atomic E-state index is -0.486. The summed E-state index contributed by atoms with van der Waals surface area (Å²) in [6.45, 7) is 0. The number of pyridine rings is 1. The van der Waals surface area contributed by atoms with Crippen LogP contribution in [0.3, 0.4) is 0 Å². The average molecular weight is 756 g/mol. The summed E-state index contributed by atoms with van der Waals surface area (Å²) in [4.78, 5) is 18.3. The molecule has 0 saturated heterocycles. The number of aromatic nitrogens is 3. The van der Waals surface area contributed by atoms with Gasteiger partial charge in [-0.05, 0) is 81.2 Å². The van der Waals surface area contributed by atoms with Crippen LogP contribution in [0, 0.1) is 0 Å². The Morgan fingerprint density at radius 1 is 0.345 bits per heavy atom. The molecule has 0 amide bonds. The van der Waals surface area contributed by atoms with E-state index in [0.29, 0.717) is 5.82 Å². The lowest BCUT2D eigenvalue weighted by molar-refractivity contribution is 0.723. The van der Waals surface area contributed by atoms with Crippen LogP contribution in [-0.4, -0.2) is 15.0 Å². The van der Waals surface area contributed by atoms with Gasteiger partial charge in [-0.25, -0.2) is 15.0 Å². The summed E-state index contributed by atoms with van der Waals surface area (Å²) in [6, 6.07) is 72.0. The zero-order valence-electron chi connectivity index (χ0n) is 31.3. The lowest BCUT2D eigenvalue weighted by Gasteiger charge is -2.39. The Labute approximate surface area is 340 Å². The molecule has 2 aliphatic rings. The third-order valence-electron chi connectivity index (χ3n) is 11.9. The number of benzene rings is 8. The quantitative estimate of drug-likeness (QED) is 0.168. The minimum Gasteiger partial charge on any atom is -0.247 e. The number of hydrogen-bond acceptors (Lipinski definition) is 4. The Balaban J connectivity index is 1.18. The van der Waals surface area contributed by atoms with Gasteiger partial charge in [0.15, 0.2) is 5.82 Å². The number of rotatable bonds is 4. The zero-order valence-corrected chi connectivity index (χ0v) is 32.1. The van der Waals surface area contributed by atoms with Crippen molar-refractivity contribution < 1.29 is 0 Å². The van der Waals surface area contributed by atoms with E-state index in [-0.39, 0.29) is 0 Å². The Bertz CT molecular complexity index is 3150. The van der Waals surface area contributed by atoms with E-state index < -0.39 is 5.41 Å². The predicted octanol–water partition coefficient (Wildman–Crippen LogP) is 13.7. The van der Waals surface area contributed by atoms with Crippen LogP contribution in [0.4, 0.5) is 0 Å². The first-order valence-corrected chi connectivity index (χ1v) is 20.5. The summed E-state index contributed by atoms with van der Waals surface area (Å²) in [5.41, 5.74) is 15.1. The van der Waals surface area contributed by atoms with Gasteiger partial charge in [-0.2, -0.15) is 0 Å². The average Bonchev–Trinajstić information content (AvgIpc) is 3.58. The second kappa shape index (κ2) is 13.0. The van der Waals surface area contributed by atoms with E-state index in [9.17, 15) is 0 Å². The third-order valence-corrected chi connectivity index (χ3v) is 13.1. The Hall–Kier alpha value is -7.14. The second-order valence-electron chi connectivity index (χ2n) is 15.1. The van der Waals surface area contributed by atoms with Gasteiger partial charge in [0.1, 0.15) is 0 Å². The van der Waals surface area contributed by atoms with Crippen LogP contribution in [0.25, 0.3) is 78.0 Å². The number of fused-ring (bicyclic) bond motifs is 12. The Kier molecular flexibility index (Phi) is 7.38. The molecule has 12 rings (SSSR count). The topological polar surface area (TPSA) is 38.7 Å². The first-order chi connectivity index (χ1) is 28.7. The lowest BCUT2D eigenvalue weighted by atomic mass is 9.67. The molecular formula is C54H33N3S. The van der Waals surface area contributed by atoms with Crippen LogP contribution in [0.5, 0.6) is 0 Å². The van der Waals surface area contributed by atoms with E-state index in [4.69, 9.17) is 15.0 Å². The molecule has 1 aliphatic heterocycles. The van der Waals surface area contributed by atoms with Gasteiger partial charge in [-0.3, -0.25) is 0 Å². The molecule has 3 heterocycles. The van der Waals surface area contributed by atoms with Crippen molar-refractivity contribution in [2.24, 2.45) is 0 Å². The highest BCUT2D eigenvalue weighted by molar-refractivity contribution is 7.99. The van der Waals surface area contributed by atoms with Crippen molar-refractivity contribution in [3.05, 3.63) is 222 Å². The summed E-state index contributed by atoms with van der Waals surface area (Å²) in [7, 11) is 0. The molecule has 58 heavy (non-hydrogen) atoms. The van der Waals surface area contributed by atoms with Crippen molar-refractivity contribution in [2.45, 2.75) is 15.2 Å². The van der Waals surface area contributed by atoms with Crippen molar-refractivity contribution in [3.8, 4) is 56.3 Å². The molecule has 1 spiro atoms. The highest BCUT2D eigenvalue weighted by Gasteiger charge is 2.50. The molecule has 0 fully saturated rings. The molecule has 0 saturated carbocycles. The van der Waals surface area contributed by atoms with Gasteiger partial charge >= 0.3 is 0 Å². The van der Waals surface area contributed by atoms with E-state index in [1.165, 1.54) is 48.6 Å². The Morgan fingerprint density at radius 2 is 0.914 bits per heavy atom. The van der Waals surface area contributed by atoms with Gasteiger partial charge in [-0.1, -0.05) is 169 Å². The maximum absolute atomic E-state index is 5.46. The smallest absolute Gasteiger partial charge is 0.160 e. The van der Waals surface area contributed by atoms with E-state index >= 15 is 0 Å². The van der Waals surface area contributed by atoms with Crippen LogP contribution in [0.2, 0.25) is 0 Å². The van der Waals surface area contributed by atoms with Gasteiger partial charge in [-0.15, -0.1) is 0 Å². The molecule has 8 aromatic carbocycles. The molecule has 270 valence electrons. The van der Waals surface area contributed by atoms with E-state index in [1.54, 1.807) is 0 Å². The summed E-state index contributed by atoms with van der Waals surface area (Å²) < 4.78 is 0. The van der Waals surface area contributed by atoms with Crippen LogP contribution in [-0.2, 0) is 5.41 Å². The molecule has 0 atom stereocenters. The summed E-state index contributed by atoms with van der Waals surface area (Å²) >= 11 is 1.88. The van der Waals surface area contributed by atoms with Crippen molar-refractivity contribution in [3.63, 3.8) is 0 Å². The molecular weight excluding hydrogens is 723 g/mol. The van der Waals surface area contributed by atoms with Crippen LogP contribution < -0.4 is 0 Å². The lowest BCUT2D eigenvalue weighted by Crippen LogP contribution is -2.31. The molecule has 3 nitrogen and oxygen atoms in total. The highest BCUT2D eigenvalue weighted by atomic mass is 32.2. The van der Waals surface area contributed by atoms with Gasteiger partial charge in [0.25, 0.3) is 0 Å². The predicted molar refractivity (Wildman–Crippen MR) is 238 cm³/mol. The standard InChI is InChI=1S/C54H33N3S/c1-4-16-34(17-5-1)48-33-49(57-53(56-48)36-20-8-3-9-21-36)37-28-29-47-41(30-37)39-32-46-40(31-42(39)52(55-47)35-18-6-2-7-19-35)38-22-10-11-23-43(38)54(46)44-24-12-14-26-50(44)58-51-27-15-13-25-45(51)54/h1-33H. The first kappa shape index (κ1) is 33.0. The fourth-order valence-corrected chi connectivity index (χ4v) is 10.6. The SMILES string of the molecule is c1ccc(-c2cc(-c3ccc4nc(-c5ccccc5)c5cc6c(cc5c4c3)C3(c4ccccc4Sc4ccccc43)c3ccccc3-6)nc(-c3ccccc3)n2)cc1. The maximum Gasteiger partial charge on any atom is 0.160 e. The monoisotopic (exact) mass is 755 g/mol. The minimum absolute atomic E-state index is 0.486. The highest BCUT2D eigenvalue weighted by Crippen LogP contribution is 2.62. The summed E-state index contributed by atoms with van der Waals surface area (Å²) in [5, 5.41) is 3.39. The number of nitrogens with zero attached hydrogens (tertiary/aromatic N) is 3. The van der Waals surface area contributed by atoms with Crippen LogP contribution in [0.15, 0.2) is 210 Å². The third kappa shape index (κ3) is 4.92. The summed E-state index contributed by atoms with van der Waals surface area (Å²) in [6.07, 6.45) is 0. The fraction of sp³-hybridized carbons (Fsp3) is 0.0185. The second-order valence-corrected chi connectivity index (χ2v) is 16.2. The largest absolute Gasteiger partial charge is 0.247 e. The van der Waals surface area contributed by atoms with Gasteiger partial charge < -0.3 is 0 Å². The van der Waals surface area contributed by atoms with Crippen molar-refractivity contribution >= 4 is 33.4 Å². The number of hydrogen-bond donors (Lipinski definition) is 0. The van der Waals surface area contributed by atoms with E-state index in [0.717, 1.165) is 55.6 Å². The first-order valence-electron chi connectivity index (χ1n) is 19.7. The molecule has 0 N–H and O–H groups in total. The van der Waals surface area contributed by atoms with Crippen molar-refractivity contribution in [1.82, 2.24) is 15.0 Å². The summed E-state index contributed by atoms with van der Waals surface area (Å²) in [5.74, 6) is 0.699. The molecule has 0 radical (unpaired) electrons. The molecule has 0 bridgehead atoms. The zero-order chi connectivity index (χ0) is 38.2. The normalized spacial score (nSPS) is 13.2. The molecule has 0 unspecified atom stereocenters. The molecule has 1 aliphatic carbocycles. The van der Waals surface area contributed by atoms with Gasteiger partial charge in [0.05, 0.1) is 28.0 Å². The Morgan fingerprint density at radius 3 is 1.60 bits per heavy atom. The van der Waals surface area contributed by atoms with Crippen LogP contribution in [0.1, 0.15) is 22.3 Å². The van der Waals surface area contributed by atoms with Gasteiger partial charge in [0.2, 0.25) is 0 Å². The molecule has 2 aromatic heterocycles.